The van der Waals surface area contributed by atoms with Crippen LogP contribution in [-0.2, 0) is 13.0 Å². The van der Waals surface area contributed by atoms with Crippen LogP contribution < -0.4 is 0 Å². The highest BCUT2D eigenvalue weighted by molar-refractivity contribution is 6.23. The zero-order valence-corrected chi connectivity index (χ0v) is 15.1. The molecule has 0 bridgehead atoms. The largest absolute Gasteiger partial charge is 0.510 e. The van der Waals surface area contributed by atoms with E-state index in [-0.39, 0.29) is 17.4 Å². The van der Waals surface area contributed by atoms with E-state index in [2.05, 4.69) is 4.98 Å². The van der Waals surface area contributed by atoms with Crippen LogP contribution in [0.3, 0.4) is 0 Å². The Morgan fingerprint density at radius 2 is 1.89 bits per heavy atom. The van der Waals surface area contributed by atoms with Crippen LogP contribution in [0.1, 0.15) is 18.3 Å². The first-order chi connectivity index (χ1) is 13.1. The van der Waals surface area contributed by atoms with Crippen LogP contribution in [-0.4, -0.2) is 38.5 Å². The number of para-hydroxylation sites is 2. The molecule has 2 N–H and O–H groups in total. The first-order valence-corrected chi connectivity index (χ1v) is 9.04. The van der Waals surface area contributed by atoms with Crippen LogP contribution in [0, 0.1) is 11.2 Å². The van der Waals surface area contributed by atoms with E-state index < -0.39 is 0 Å². The zero-order valence-electron chi connectivity index (χ0n) is 15.1. The molecule has 0 saturated heterocycles. The number of hydrogen-bond donors (Lipinski definition) is 2. The van der Waals surface area contributed by atoms with Gasteiger partial charge >= 0.3 is 0 Å². The lowest BCUT2D eigenvalue weighted by atomic mass is 10.1. The number of aliphatic hydroxyl groups excluding tert-OH is 1. The summed E-state index contributed by atoms with van der Waals surface area (Å²) in [6.07, 6.45) is 0.674. The molecule has 1 aromatic heterocycles. The molecule has 0 saturated carbocycles. The number of imidazole rings is 1. The van der Waals surface area contributed by atoms with E-state index in [9.17, 15) is 9.50 Å². The highest BCUT2D eigenvalue weighted by Gasteiger charge is 2.31. The number of rotatable bonds is 5. The molecule has 4 rings (SSSR count). The van der Waals surface area contributed by atoms with Crippen LogP contribution in [0.5, 0.6) is 0 Å². The van der Waals surface area contributed by atoms with Crippen molar-refractivity contribution in [3.05, 3.63) is 71.5 Å². The minimum Gasteiger partial charge on any atom is -0.510 e. The van der Waals surface area contributed by atoms with Crippen molar-refractivity contribution in [2.75, 3.05) is 13.1 Å². The summed E-state index contributed by atoms with van der Waals surface area (Å²) < 4.78 is 15.1. The molecule has 2 heterocycles. The number of nitrogens with one attached hydrogen (secondary N) is 1. The van der Waals surface area contributed by atoms with Crippen LogP contribution in [0.2, 0.25) is 0 Å². The lowest BCUT2D eigenvalue weighted by molar-refractivity contribution is 0.351. The lowest BCUT2D eigenvalue weighted by Crippen LogP contribution is -2.29. The fraction of sp³-hybridized carbons (Fsp3) is 0.238. The van der Waals surface area contributed by atoms with Crippen molar-refractivity contribution < 1.29 is 9.50 Å². The molecule has 0 aliphatic carbocycles. The van der Waals surface area contributed by atoms with Gasteiger partial charge < -0.3 is 14.6 Å². The molecule has 0 atom stereocenters. The van der Waals surface area contributed by atoms with Crippen LogP contribution in [0.15, 0.2) is 54.3 Å². The minimum absolute atomic E-state index is 0.170. The standard InChI is InChI=1S/C21H21FN4O/c1-2-26-17-6-4-3-5-16(17)24-21(26)19-18(27)13-25(20(19)23)12-11-14-7-9-15(22)10-8-14/h3-10,23,27H,2,11-13H2,1H3. The van der Waals surface area contributed by atoms with Gasteiger partial charge in [0.25, 0.3) is 0 Å². The van der Waals surface area contributed by atoms with Gasteiger partial charge in [-0.1, -0.05) is 24.3 Å². The summed E-state index contributed by atoms with van der Waals surface area (Å²) in [5, 5.41) is 19.1. The van der Waals surface area contributed by atoms with Crippen molar-refractivity contribution in [2.24, 2.45) is 0 Å². The lowest BCUT2D eigenvalue weighted by Gasteiger charge is -2.18. The van der Waals surface area contributed by atoms with Crippen molar-refractivity contribution in [1.29, 1.82) is 5.41 Å². The molecule has 0 unspecified atom stereocenters. The Balaban J connectivity index is 1.58. The topological polar surface area (TPSA) is 65.1 Å². The molecular weight excluding hydrogens is 343 g/mol. The van der Waals surface area contributed by atoms with Crippen molar-refractivity contribution in [3.63, 3.8) is 0 Å². The molecule has 3 aromatic rings. The van der Waals surface area contributed by atoms with Crippen LogP contribution >= 0.6 is 0 Å². The van der Waals surface area contributed by atoms with Gasteiger partial charge in [0.2, 0.25) is 0 Å². The van der Waals surface area contributed by atoms with Gasteiger partial charge in [-0.2, -0.15) is 0 Å². The molecule has 0 amide bonds. The summed E-state index contributed by atoms with van der Waals surface area (Å²) in [7, 11) is 0. The Labute approximate surface area is 156 Å². The number of nitrogens with zero attached hydrogens (tertiary/aromatic N) is 3. The first-order valence-electron chi connectivity index (χ1n) is 9.04. The number of aliphatic hydroxyl groups is 1. The Hall–Kier alpha value is -3.15. The molecule has 0 spiro atoms. The summed E-state index contributed by atoms with van der Waals surface area (Å²) in [5.41, 5.74) is 3.34. The molecule has 2 aromatic carbocycles. The zero-order chi connectivity index (χ0) is 19.0. The molecule has 0 radical (unpaired) electrons. The second-order valence-electron chi connectivity index (χ2n) is 6.64. The molecule has 5 nitrogen and oxygen atoms in total. The average Bonchev–Trinajstić information content (AvgIpc) is 3.17. The second-order valence-corrected chi connectivity index (χ2v) is 6.64. The van der Waals surface area contributed by atoms with Crippen molar-refractivity contribution in [1.82, 2.24) is 14.5 Å². The maximum absolute atomic E-state index is 13.0. The Kier molecular flexibility index (Phi) is 4.39. The van der Waals surface area contributed by atoms with Gasteiger partial charge in [0.05, 0.1) is 23.2 Å². The maximum atomic E-state index is 13.0. The average molecular weight is 364 g/mol. The van der Waals surface area contributed by atoms with E-state index in [1.165, 1.54) is 12.1 Å². The summed E-state index contributed by atoms with van der Waals surface area (Å²) >= 11 is 0. The number of halogens is 1. The predicted octanol–water partition coefficient (Wildman–Crippen LogP) is 4.00. The predicted molar refractivity (Wildman–Crippen MR) is 104 cm³/mol. The second kappa shape index (κ2) is 6.87. The Morgan fingerprint density at radius 1 is 1.15 bits per heavy atom. The summed E-state index contributed by atoms with van der Waals surface area (Å²) in [5.74, 6) is 0.821. The van der Waals surface area contributed by atoms with Gasteiger partial charge in [-0.25, -0.2) is 9.37 Å². The third-order valence-corrected chi connectivity index (χ3v) is 4.96. The van der Waals surface area contributed by atoms with E-state index in [1.807, 2.05) is 40.7 Å². The van der Waals surface area contributed by atoms with Crippen molar-refractivity contribution in [2.45, 2.75) is 19.9 Å². The fourth-order valence-corrected chi connectivity index (χ4v) is 3.56. The number of aromatic nitrogens is 2. The van der Waals surface area contributed by atoms with Crippen molar-refractivity contribution in [3.8, 4) is 0 Å². The van der Waals surface area contributed by atoms with Gasteiger partial charge in [-0.05, 0) is 43.2 Å². The number of aryl methyl sites for hydroxylation is 1. The van der Waals surface area contributed by atoms with Crippen LogP contribution in [0.4, 0.5) is 4.39 Å². The number of fused-ring (bicyclic) bond motifs is 1. The van der Waals surface area contributed by atoms with E-state index in [1.54, 1.807) is 12.1 Å². The van der Waals surface area contributed by atoms with Crippen molar-refractivity contribution >= 4 is 22.4 Å². The fourth-order valence-electron chi connectivity index (χ4n) is 3.56. The molecule has 0 fully saturated rings. The highest BCUT2D eigenvalue weighted by Crippen LogP contribution is 2.29. The first kappa shape index (κ1) is 17.3. The Bertz CT molecular complexity index is 1040. The molecule has 6 heteroatoms. The monoisotopic (exact) mass is 364 g/mol. The highest BCUT2D eigenvalue weighted by atomic mass is 19.1. The van der Waals surface area contributed by atoms with Gasteiger partial charge in [0.1, 0.15) is 23.2 Å². The third-order valence-electron chi connectivity index (χ3n) is 4.96. The van der Waals surface area contributed by atoms with Crippen LogP contribution in [0.25, 0.3) is 16.6 Å². The van der Waals surface area contributed by atoms with Gasteiger partial charge in [-0.3, -0.25) is 5.41 Å². The molecule has 27 heavy (non-hydrogen) atoms. The minimum atomic E-state index is -0.257. The smallest absolute Gasteiger partial charge is 0.148 e. The van der Waals surface area contributed by atoms with Gasteiger partial charge in [0, 0.05) is 13.1 Å². The summed E-state index contributed by atoms with van der Waals surface area (Å²) in [6.45, 7) is 3.60. The van der Waals surface area contributed by atoms with Gasteiger partial charge in [0.15, 0.2) is 0 Å². The quantitative estimate of drug-likeness (QED) is 0.719. The van der Waals surface area contributed by atoms with E-state index >= 15 is 0 Å². The number of hydrogen-bond acceptors (Lipinski definition) is 3. The van der Waals surface area contributed by atoms with E-state index in [0.717, 1.165) is 16.6 Å². The Morgan fingerprint density at radius 3 is 2.63 bits per heavy atom. The molecular formula is C21H21FN4O. The number of amidine groups is 1. The van der Waals surface area contributed by atoms with E-state index in [4.69, 9.17) is 5.41 Å². The molecule has 138 valence electrons. The number of benzene rings is 2. The third kappa shape index (κ3) is 3.07. The SMILES string of the molecule is CCn1c(C2=C(O)CN(CCc3ccc(F)cc3)C2=N)nc2ccccc21. The summed E-state index contributed by atoms with van der Waals surface area (Å²) in [4.78, 5) is 6.49. The molecule has 1 aliphatic heterocycles. The van der Waals surface area contributed by atoms with Gasteiger partial charge in [-0.15, -0.1) is 0 Å². The summed E-state index contributed by atoms with van der Waals surface area (Å²) in [6, 6.07) is 14.2. The normalized spacial score (nSPS) is 14.6. The van der Waals surface area contributed by atoms with E-state index in [0.29, 0.717) is 37.5 Å². The maximum Gasteiger partial charge on any atom is 0.148 e. The molecule has 1 aliphatic rings.